The Morgan fingerprint density at radius 1 is 1.40 bits per heavy atom. The van der Waals surface area contributed by atoms with Gasteiger partial charge < -0.3 is 20.5 Å². The third-order valence-electron chi connectivity index (χ3n) is 2.70. The van der Waals surface area contributed by atoms with Crippen molar-refractivity contribution in [1.29, 1.82) is 0 Å². The van der Waals surface area contributed by atoms with E-state index in [1.54, 1.807) is 0 Å². The number of hydrogen-bond acceptors (Lipinski definition) is 3. The minimum Gasteiger partial charge on any atom is -0.479 e. The molecule has 1 saturated carbocycles. The Balaban J connectivity index is 1.93. The molecule has 2 rings (SSSR count). The molecule has 3 N–H and O–H groups in total. The molecule has 0 aromatic rings. The number of rotatable bonds is 3. The number of carbonyl (C=O) groups excluding carboxylic acids is 1. The molecule has 84 valence electrons. The van der Waals surface area contributed by atoms with Gasteiger partial charge in [0, 0.05) is 19.1 Å². The van der Waals surface area contributed by atoms with Gasteiger partial charge in [-0.3, -0.25) is 0 Å². The van der Waals surface area contributed by atoms with Gasteiger partial charge in [0.2, 0.25) is 0 Å². The van der Waals surface area contributed by atoms with E-state index >= 15 is 0 Å². The first-order valence-corrected chi connectivity index (χ1v) is 5.02. The molecular formula is C9H14N2O4. The van der Waals surface area contributed by atoms with Crippen LogP contribution in [0.5, 0.6) is 0 Å². The Morgan fingerprint density at radius 3 is 2.60 bits per heavy atom. The summed E-state index contributed by atoms with van der Waals surface area (Å²) in [5, 5.41) is 14.2. The Bertz CT molecular complexity index is 282. The van der Waals surface area contributed by atoms with E-state index in [1.165, 1.54) is 0 Å². The average Bonchev–Trinajstić information content (AvgIpc) is 2.82. The van der Waals surface area contributed by atoms with Crippen LogP contribution in [0.2, 0.25) is 0 Å². The van der Waals surface area contributed by atoms with E-state index < -0.39 is 17.5 Å². The Labute approximate surface area is 87.0 Å². The number of amides is 2. The van der Waals surface area contributed by atoms with Crippen molar-refractivity contribution in [3.63, 3.8) is 0 Å². The van der Waals surface area contributed by atoms with Gasteiger partial charge in [0.05, 0.1) is 6.61 Å². The van der Waals surface area contributed by atoms with E-state index in [9.17, 15) is 9.59 Å². The van der Waals surface area contributed by atoms with Crippen molar-refractivity contribution in [1.82, 2.24) is 10.6 Å². The largest absolute Gasteiger partial charge is 0.479 e. The molecule has 1 aliphatic heterocycles. The van der Waals surface area contributed by atoms with Crippen LogP contribution in [0.1, 0.15) is 19.3 Å². The first-order valence-electron chi connectivity index (χ1n) is 5.02. The second-order valence-electron chi connectivity index (χ2n) is 4.06. The number of carbonyl (C=O) groups is 2. The van der Waals surface area contributed by atoms with Gasteiger partial charge in [-0.25, -0.2) is 9.59 Å². The molecule has 1 heterocycles. The van der Waals surface area contributed by atoms with Gasteiger partial charge in [-0.05, 0) is 12.8 Å². The molecule has 2 fully saturated rings. The highest BCUT2D eigenvalue weighted by molar-refractivity contribution is 5.86. The summed E-state index contributed by atoms with van der Waals surface area (Å²) >= 11 is 0. The number of urea groups is 1. The fourth-order valence-electron chi connectivity index (χ4n) is 1.55. The van der Waals surface area contributed by atoms with Gasteiger partial charge in [-0.15, -0.1) is 0 Å². The Kier molecular flexibility index (Phi) is 2.52. The minimum atomic E-state index is -1.24. The molecule has 2 amide bonds. The fraction of sp³-hybridized carbons (Fsp3) is 0.778. The molecule has 0 bridgehead atoms. The molecule has 1 saturated heterocycles. The summed E-state index contributed by atoms with van der Waals surface area (Å²) in [7, 11) is 0. The highest BCUT2D eigenvalue weighted by Gasteiger charge is 2.44. The van der Waals surface area contributed by atoms with E-state index in [0.717, 1.165) is 12.8 Å². The van der Waals surface area contributed by atoms with Crippen LogP contribution in [0, 0.1) is 0 Å². The minimum absolute atomic E-state index is 0.0421. The average molecular weight is 214 g/mol. The molecular weight excluding hydrogens is 200 g/mol. The maximum absolute atomic E-state index is 11.4. The lowest BCUT2D eigenvalue weighted by Crippen LogP contribution is -2.58. The van der Waals surface area contributed by atoms with Crippen molar-refractivity contribution in [2.24, 2.45) is 0 Å². The number of nitrogens with one attached hydrogen (secondary N) is 2. The molecule has 15 heavy (non-hydrogen) atoms. The summed E-state index contributed by atoms with van der Waals surface area (Å²) in [6, 6.07) is -0.191. The summed E-state index contributed by atoms with van der Waals surface area (Å²) in [5.41, 5.74) is -1.24. The molecule has 1 unspecified atom stereocenters. The second kappa shape index (κ2) is 3.69. The van der Waals surface area contributed by atoms with Crippen LogP contribution in [-0.4, -0.2) is 41.9 Å². The van der Waals surface area contributed by atoms with Crippen molar-refractivity contribution in [2.75, 3.05) is 13.2 Å². The number of hydrogen-bond donors (Lipinski definition) is 3. The van der Waals surface area contributed by atoms with Crippen molar-refractivity contribution >= 4 is 12.0 Å². The smallest absolute Gasteiger partial charge is 0.332 e. The van der Waals surface area contributed by atoms with Gasteiger partial charge >= 0.3 is 12.0 Å². The quantitative estimate of drug-likeness (QED) is 0.601. The molecule has 0 radical (unpaired) electrons. The molecule has 6 nitrogen and oxygen atoms in total. The zero-order valence-electron chi connectivity index (χ0n) is 8.28. The standard InChI is InChI=1S/C9H14N2O4/c12-7(13)9(3-4-15-5-9)11-8(14)10-6-1-2-6/h6H,1-5H2,(H,12,13)(H2,10,11,14). The van der Waals surface area contributed by atoms with E-state index in [2.05, 4.69) is 10.6 Å². The summed E-state index contributed by atoms with van der Waals surface area (Å²) in [4.78, 5) is 22.5. The van der Waals surface area contributed by atoms with Crippen LogP contribution in [0.25, 0.3) is 0 Å². The zero-order chi connectivity index (χ0) is 10.9. The van der Waals surface area contributed by atoms with Crippen molar-refractivity contribution in [2.45, 2.75) is 30.8 Å². The van der Waals surface area contributed by atoms with Crippen molar-refractivity contribution in [3.8, 4) is 0 Å². The zero-order valence-corrected chi connectivity index (χ0v) is 8.28. The highest BCUT2D eigenvalue weighted by atomic mass is 16.5. The summed E-state index contributed by atoms with van der Waals surface area (Å²) < 4.78 is 5.02. The third-order valence-corrected chi connectivity index (χ3v) is 2.70. The van der Waals surface area contributed by atoms with Crippen LogP contribution >= 0.6 is 0 Å². The third kappa shape index (κ3) is 2.20. The fourth-order valence-corrected chi connectivity index (χ4v) is 1.55. The van der Waals surface area contributed by atoms with Gasteiger partial charge in [0.1, 0.15) is 0 Å². The van der Waals surface area contributed by atoms with Gasteiger partial charge in [0.15, 0.2) is 5.54 Å². The van der Waals surface area contributed by atoms with Crippen LogP contribution in [-0.2, 0) is 9.53 Å². The predicted octanol–water partition coefficient (Wildman–Crippen LogP) is -0.308. The number of carboxylic acids is 1. The van der Waals surface area contributed by atoms with Gasteiger partial charge in [0.25, 0.3) is 0 Å². The van der Waals surface area contributed by atoms with Crippen LogP contribution in [0.15, 0.2) is 0 Å². The molecule has 1 aliphatic carbocycles. The van der Waals surface area contributed by atoms with E-state index in [1.807, 2.05) is 0 Å². The van der Waals surface area contributed by atoms with Crippen LogP contribution < -0.4 is 10.6 Å². The summed E-state index contributed by atoms with van der Waals surface area (Å²) in [6.07, 6.45) is 2.27. The maximum atomic E-state index is 11.4. The highest BCUT2D eigenvalue weighted by Crippen LogP contribution is 2.21. The van der Waals surface area contributed by atoms with E-state index in [4.69, 9.17) is 9.84 Å². The number of carboxylic acid groups (broad SMARTS) is 1. The summed E-state index contributed by atoms with van der Waals surface area (Å²) in [6.45, 7) is 0.413. The first-order chi connectivity index (χ1) is 7.12. The summed E-state index contributed by atoms with van der Waals surface area (Å²) in [5.74, 6) is -1.04. The maximum Gasteiger partial charge on any atom is 0.332 e. The molecule has 1 atom stereocenters. The predicted molar refractivity (Wildman–Crippen MR) is 50.5 cm³/mol. The van der Waals surface area contributed by atoms with Crippen LogP contribution in [0.3, 0.4) is 0 Å². The molecule has 0 spiro atoms. The topological polar surface area (TPSA) is 87.7 Å². The molecule has 0 aromatic heterocycles. The monoisotopic (exact) mass is 214 g/mol. The van der Waals surface area contributed by atoms with E-state index in [0.29, 0.717) is 13.0 Å². The van der Waals surface area contributed by atoms with Gasteiger partial charge in [-0.2, -0.15) is 0 Å². The molecule has 6 heteroatoms. The van der Waals surface area contributed by atoms with Crippen molar-refractivity contribution in [3.05, 3.63) is 0 Å². The first kappa shape index (κ1) is 10.2. The van der Waals surface area contributed by atoms with Gasteiger partial charge in [-0.1, -0.05) is 0 Å². The Morgan fingerprint density at radius 2 is 2.13 bits per heavy atom. The normalized spacial score (nSPS) is 29.9. The lowest BCUT2D eigenvalue weighted by molar-refractivity contribution is -0.144. The number of ether oxygens (including phenoxy) is 1. The second-order valence-corrected chi connectivity index (χ2v) is 4.06. The molecule has 0 aromatic carbocycles. The Hall–Kier alpha value is -1.30. The molecule has 2 aliphatic rings. The number of aliphatic carboxylic acids is 1. The lowest BCUT2D eigenvalue weighted by atomic mass is 9.99. The van der Waals surface area contributed by atoms with E-state index in [-0.39, 0.29) is 12.6 Å². The lowest BCUT2D eigenvalue weighted by Gasteiger charge is -2.23. The SMILES string of the molecule is O=C(NC1CC1)NC1(C(=O)O)CCOC1. The van der Waals surface area contributed by atoms with Crippen molar-refractivity contribution < 1.29 is 19.4 Å². The van der Waals surface area contributed by atoms with Crippen LogP contribution in [0.4, 0.5) is 4.79 Å².